The molecule has 0 unspecified atom stereocenters. The van der Waals surface area contributed by atoms with Crippen LogP contribution >= 0.6 is 15.9 Å². The Morgan fingerprint density at radius 1 is 1.37 bits per heavy atom. The van der Waals surface area contributed by atoms with Gasteiger partial charge in [-0.2, -0.15) is 5.10 Å². The van der Waals surface area contributed by atoms with Crippen molar-refractivity contribution in [2.45, 2.75) is 39.8 Å². The van der Waals surface area contributed by atoms with Crippen LogP contribution in [0.5, 0.6) is 0 Å². The van der Waals surface area contributed by atoms with Crippen LogP contribution in [0.15, 0.2) is 4.47 Å². The van der Waals surface area contributed by atoms with Crippen molar-refractivity contribution in [3.05, 3.63) is 15.9 Å². The summed E-state index contributed by atoms with van der Waals surface area (Å²) < 4.78 is 25.1. The van der Waals surface area contributed by atoms with Crippen LogP contribution in [0.25, 0.3) is 0 Å². The third kappa shape index (κ3) is 5.24. The number of hydrogen-bond acceptors (Lipinski definition) is 4. The van der Waals surface area contributed by atoms with E-state index in [-0.39, 0.29) is 5.75 Å². The minimum atomic E-state index is -2.86. The molecule has 0 spiro atoms. The Labute approximate surface area is 123 Å². The van der Waals surface area contributed by atoms with Gasteiger partial charge in [0.1, 0.15) is 9.84 Å². The lowest BCUT2D eigenvalue weighted by atomic mass is 10.3. The number of nitrogens with zero attached hydrogens (tertiary/aromatic N) is 2. The summed E-state index contributed by atoms with van der Waals surface area (Å²) in [6.45, 7) is 6.36. The van der Waals surface area contributed by atoms with Crippen LogP contribution in [0.3, 0.4) is 0 Å². The second kappa shape index (κ2) is 7.40. The van der Waals surface area contributed by atoms with Gasteiger partial charge in [0, 0.05) is 19.3 Å². The molecule has 0 bridgehead atoms. The van der Waals surface area contributed by atoms with Crippen LogP contribution in [0.4, 0.5) is 0 Å². The van der Waals surface area contributed by atoms with E-state index in [4.69, 9.17) is 0 Å². The molecule has 1 aromatic heterocycles. The molecule has 5 nitrogen and oxygen atoms in total. The second-order valence-corrected chi connectivity index (χ2v) is 7.59. The first-order valence-corrected chi connectivity index (χ1v) is 9.36. The number of rotatable bonds is 8. The van der Waals surface area contributed by atoms with E-state index in [2.05, 4.69) is 40.2 Å². The van der Waals surface area contributed by atoms with E-state index in [1.807, 2.05) is 4.68 Å². The topological polar surface area (TPSA) is 64.0 Å². The number of halogens is 1. The average Bonchev–Trinajstić information content (AvgIpc) is 2.64. The van der Waals surface area contributed by atoms with Gasteiger partial charge in [0.2, 0.25) is 0 Å². The Balaban J connectivity index is 2.51. The van der Waals surface area contributed by atoms with Gasteiger partial charge in [0.15, 0.2) is 0 Å². The minimum absolute atomic E-state index is 0.231. The minimum Gasteiger partial charge on any atom is -0.311 e. The highest BCUT2D eigenvalue weighted by Gasteiger charge is 2.13. The normalized spacial score (nSPS) is 12.0. The van der Waals surface area contributed by atoms with Gasteiger partial charge in [-0.1, -0.05) is 6.92 Å². The first-order chi connectivity index (χ1) is 8.89. The van der Waals surface area contributed by atoms with E-state index in [1.165, 1.54) is 6.26 Å². The van der Waals surface area contributed by atoms with Crippen molar-refractivity contribution < 1.29 is 8.42 Å². The summed E-state index contributed by atoms with van der Waals surface area (Å²) in [6.07, 6.45) is 2.80. The summed E-state index contributed by atoms with van der Waals surface area (Å²) in [5.41, 5.74) is 2.19. The monoisotopic (exact) mass is 351 g/mol. The first kappa shape index (κ1) is 16.7. The third-order valence-electron chi connectivity index (χ3n) is 2.86. The molecule has 0 aliphatic rings. The fourth-order valence-electron chi connectivity index (χ4n) is 1.85. The summed E-state index contributed by atoms with van der Waals surface area (Å²) in [4.78, 5) is 0. The van der Waals surface area contributed by atoms with E-state index in [9.17, 15) is 8.42 Å². The molecule has 0 saturated carbocycles. The summed E-state index contributed by atoms with van der Waals surface area (Å²) in [7, 11) is -2.86. The van der Waals surface area contributed by atoms with Gasteiger partial charge < -0.3 is 5.32 Å². The lowest BCUT2D eigenvalue weighted by Gasteiger charge is -2.07. The Kier molecular flexibility index (Phi) is 6.49. The molecule has 0 radical (unpaired) electrons. The zero-order valence-corrected chi connectivity index (χ0v) is 14.1. The van der Waals surface area contributed by atoms with Gasteiger partial charge >= 0.3 is 0 Å². The van der Waals surface area contributed by atoms with Crippen molar-refractivity contribution in [2.75, 3.05) is 18.6 Å². The zero-order chi connectivity index (χ0) is 14.5. The summed E-state index contributed by atoms with van der Waals surface area (Å²) in [5.74, 6) is 0.231. The van der Waals surface area contributed by atoms with Gasteiger partial charge in [-0.3, -0.25) is 4.68 Å². The third-order valence-corrected chi connectivity index (χ3v) is 4.80. The molecule has 0 aliphatic carbocycles. The molecule has 1 aromatic rings. The Morgan fingerprint density at radius 3 is 2.58 bits per heavy atom. The molecule has 1 heterocycles. The molecule has 0 aromatic carbocycles. The van der Waals surface area contributed by atoms with Crippen molar-refractivity contribution in [3.63, 3.8) is 0 Å². The van der Waals surface area contributed by atoms with Crippen LogP contribution in [0, 0.1) is 0 Å². The Morgan fingerprint density at radius 2 is 2.05 bits per heavy atom. The lowest BCUT2D eigenvalue weighted by Crippen LogP contribution is -2.20. The molecular weight excluding hydrogens is 330 g/mol. The molecule has 1 N–H and O–H groups in total. The number of sulfone groups is 1. The number of aromatic nitrogens is 2. The molecule has 0 saturated heterocycles. The SMILES string of the molecule is CCc1nn(CC)c(CNCCCS(C)(=O)=O)c1Br. The number of aryl methyl sites for hydroxylation is 2. The molecule has 7 heteroatoms. The van der Waals surface area contributed by atoms with Crippen molar-refractivity contribution in [1.29, 1.82) is 0 Å². The molecule has 0 amide bonds. The van der Waals surface area contributed by atoms with Crippen LogP contribution in [-0.4, -0.2) is 36.8 Å². The molecule has 0 atom stereocenters. The van der Waals surface area contributed by atoms with Crippen LogP contribution < -0.4 is 5.32 Å². The van der Waals surface area contributed by atoms with Crippen molar-refractivity contribution >= 4 is 25.8 Å². The van der Waals surface area contributed by atoms with E-state index in [0.29, 0.717) is 19.5 Å². The van der Waals surface area contributed by atoms with Crippen molar-refractivity contribution in [3.8, 4) is 0 Å². The van der Waals surface area contributed by atoms with E-state index in [0.717, 1.165) is 28.8 Å². The Hall–Kier alpha value is -0.400. The van der Waals surface area contributed by atoms with Crippen molar-refractivity contribution in [2.24, 2.45) is 0 Å². The van der Waals surface area contributed by atoms with Crippen LogP contribution in [0.2, 0.25) is 0 Å². The molecule has 0 aliphatic heterocycles. The maximum Gasteiger partial charge on any atom is 0.147 e. The average molecular weight is 352 g/mol. The zero-order valence-electron chi connectivity index (χ0n) is 11.7. The highest BCUT2D eigenvalue weighted by atomic mass is 79.9. The molecule has 0 fully saturated rings. The quantitative estimate of drug-likeness (QED) is 0.724. The first-order valence-electron chi connectivity index (χ1n) is 6.51. The summed E-state index contributed by atoms with van der Waals surface area (Å²) >= 11 is 3.58. The summed E-state index contributed by atoms with van der Waals surface area (Å²) in [5, 5.41) is 7.79. The van der Waals surface area contributed by atoms with Crippen LogP contribution in [0.1, 0.15) is 31.7 Å². The lowest BCUT2D eigenvalue weighted by molar-refractivity contribution is 0.570. The number of hydrogen-bond donors (Lipinski definition) is 1. The van der Waals surface area contributed by atoms with Crippen LogP contribution in [-0.2, 0) is 29.3 Å². The second-order valence-electron chi connectivity index (χ2n) is 4.54. The van der Waals surface area contributed by atoms with Gasteiger partial charge in [-0.25, -0.2) is 8.42 Å². The molecule has 1 rings (SSSR count). The number of nitrogens with one attached hydrogen (secondary N) is 1. The van der Waals surface area contributed by atoms with Crippen molar-refractivity contribution in [1.82, 2.24) is 15.1 Å². The van der Waals surface area contributed by atoms with Gasteiger partial charge in [0.05, 0.1) is 21.6 Å². The van der Waals surface area contributed by atoms with E-state index >= 15 is 0 Å². The highest BCUT2D eigenvalue weighted by Crippen LogP contribution is 2.22. The molecule has 19 heavy (non-hydrogen) atoms. The van der Waals surface area contributed by atoms with E-state index < -0.39 is 9.84 Å². The standard InChI is InChI=1S/C12H22BrN3O2S/c1-4-10-12(13)11(16(5-2)15-10)9-14-7-6-8-19(3,17)18/h14H,4-9H2,1-3H3. The maximum atomic E-state index is 11.0. The van der Waals surface area contributed by atoms with E-state index in [1.54, 1.807) is 0 Å². The largest absolute Gasteiger partial charge is 0.311 e. The smallest absolute Gasteiger partial charge is 0.147 e. The van der Waals surface area contributed by atoms with Gasteiger partial charge in [-0.05, 0) is 42.2 Å². The van der Waals surface area contributed by atoms with Gasteiger partial charge in [0.25, 0.3) is 0 Å². The molecule has 110 valence electrons. The van der Waals surface area contributed by atoms with Gasteiger partial charge in [-0.15, -0.1) is 0 Å². The predicted molar refractivity (Wildman–Crippen MR) is 81.0 cm³/mol. The fraction of sp³-hybridized carbons (Fsp3) is 0.750. The summed E-state index contributed by atoms with van der Waals surface area (Å²) in [6, 6.07) is 0. The highest BCUT2D eigenvalue weighted by molar-refractivity contribution is 9.10. The predicted octanol–water partition coefficient (Wildman–Crippen LogP) is 1.75. The Bertz CT molecular complexity index is 511. The maximum absolute atomic E-state index is 11.0. The molecular formula is C12H22BrN3O2S. The fourth-order valence-corrected chi connectivity index (χ4v) is 3.23.